The van der Waals surface area contributed by atoms with E-state index in [2.05, 4.69) is 23.8 Å². The van der Waals surface area contributed by atoms with Gasteiger partial charge in [-0.2, -0.15) is 5.10 Å². The number of hydrogen-bond donors (Lipinski definition) is 1. The standard InChI is InChI=1S/C24H24N4O3S.C2H6/c1-5-21(32-4)17-11-26-28-9-8-15(10-19(17)28)16-6-7-20(31-3)22-18(16)13-27(24(22)30)12-14(2)23(25)29;1-2/h5-11H,2,12-13H2,1,3-4H3,(H2,25,29);1-2H3/b21-5-;. The van der Waals surface area contributed by atoms with Crippen LogP contribution in [0.1, 0.15) is 42.3 Å². The summed E-state index contributed by atoms with van der Waals surface area (Å²) in [4.78, 5) is 27.3. The van der Waals surface area contributed by atoms with Crippen molar-refractivity contribution in [2.45, 2.75) is 27.3 Å². The molecular formula is C26H30N4O3S. The highest BCUT2D eigenvalue weighted by Crippen LogP contribution is 2.39. The van der Waals surface area contributed by atoms with Gasteiger partial charge in [-0.05, 0) is 48.1 Å². The largest absolute Gasteiger partial charge is 0.496 e. The second-order valence-corrected chi connectivity index (χ2v) is 8.31. The van der Waals surface area contributed by atoms with Crippen LogP contribution in [0.4, 0.5) is 0 Å². The highest BCUT2D eigenvalue weighted by atomic mass is 32.2. The van der Waals surface area contributed by atoms with Crippen molar-refractivity contribution >= 4 is 34.0 Å². The van der Waals surface area contributed by atoms with Crippen molar-refractivity contribution in [3.63, 3.8) is 0 Å². The summed E-state index contributed by atoms with van der Waals surface area (Å²) in [5.41, 5.74) is 10.8. The van der Waals surface area contributed by atoms with Crippen LogP contribution in [0.5, 0.6) is 5.75 Å². The molecule has 2 amide bonds. The van der Waals surface area contributed by atoms with Gasteiger partial charge in [0, 0.05) is 28.8 Å². The lowest BCUT2D eigenvalue weighted by Gasteiger charge is -2.15. The minimum absolute atomic E-state index is 0.0790. The average Bonchev–Trinajstić information content (AvgIpc) is 3.42. The molecule has 7 nitrogen and oxygen atoms in total. The Balaban J connectivity index is 0.00000158. The van der Waals surface area contributed by atoms with Crippen molar-refractivity contribution in [3.8, 4) is 16.9 Å². The Labute approximate surface area is 204 Å². The quantitative estimate of drug-likeness (QED) is 0.495. The summed E-state index contributed by atoms with van der Waals surface area (Å²) in [6.45, 7) is 10.1. The number of carbonyl (C=O) groups excluding carboxylic acids is 2. The Morgan fingerprint density at radius 2 is 2.06 bits per heavy atom. The average molecular weight is 479 g/mol. The summed E-state index contributed by atoms with van der Waals surface area (Å²) >= 11 is 1.67. The molecule has 178 valence electrons. The molecule has 0 spiro atoms. The molecule has 8 heteroatoms. The second-order valence-electron chi connectivity index (χ2n) is 7.46. The third-order valence-corrected chi connectivity index (χ3v) is 6.55. The predicted octanol–water partition coefficient (Wildman–Crippen LogP) is 4.76. The maximum Gasteiger partial charge on any atom is 0.258 e. The van der Waals surface area contributed by atoms with Gasteiger partial charge in [0.1, 0.15) is 5.75 Å². The van der Waals surface area contributed by atoms with E-state index < -0.39 is 5.91 Å². The number of fused-ring (bicyclic) bond motifs is 2. The van der Waals surface area contributed by atoms with Crippen molar-refractivity contribution in [2.75, 3.05) is 19.9 Å². The number of allylic oxidation sites excluding steroid dienone is 1. The molecule has 1 aromatic carbocycles. The Morgan fingerprint density at radius 3 is 2.68 bits per heavy atom. The number of methoxy groups -OCH3 is 1. The molecule has 0 bridgehead atoms. The number of amides is 2. The monoisotopic (exact) mass is 478 g/mol. The van der Waals surface area contributed by atoms with E-state index in [0.29, 0.717) is 17.9 Å². The normalized spacial score (nSPS) is 12.9. The maximum absolute atomic E-state index is 13.1. The lowest BCUT2D eigenvalue weighted by Crippen LogP contribution is -2.30. The van der Waals surface area contributed by atoms with Gasteiger partial charge in [0.05, 0.1) is 30.9 Å². The summed E-state index contributed by atoms with van der Waals surface area (Å²) in [7, 11) is 1.54. The Morgan fingerprint density at radius 1 is 1.32 bits per heavy atom. The molecule has 0 aliphatic carbocycles. The Kier molecular flexibility index (Phi) is 7.83. The summed E-state index contributed by atoms with van der Waals surface area (Å²) in [6, 6.07) is 7.83. The Hall–Kier alpha value is -3.52. The van der Waals surface area contributed by atoms with Gasteiger partial charge < -0.3 is 15.4 Å². The number of benzene rings is 1. The van der Waals surface area contributed by atoms with E-state index in [1.807, 2.05) is 56.1 Å². The topological polar surface area (TPSA) is 89.9 Å². The van der Waals surface area contributed by atoms with E-state index in [0.717, 1.165) is 32.7 Å². The van der Waals surface area contributed by atoms with Gasteiger partial charge >= 0.3 is 0 Å². The molecule has 34 heavy (non-hydrogen) atoms. The minimum atomic E-state index is -0.617. The van der Waals surface area contributed by atoms with Crippen LogP contribution in [0.2, 0.25) is 0 Å². The number of nitrogens with zero attached hydrogens (tertiary/aromatic N) is 3. The molecule has 2 aromatic heterocycles. The molecule has 0 atom stereocenters. The molecule has 3 aromatic rings. The van der Waals surface area contributed by atoms with Gasteiger partial charge in [-0.25, -0.2) is 4.52 Å². The van der Waals surface area contributed by atoms with Crippen LogP contribution in [0, 0.1) is 0 Å². The maximum atomic E-state index is 13.1. The first-order valence-corrected chi connectivity index (χ1v) is 12.3. The minimum Gasteiger partial charge on any atom is -0.496 e. The number of hydrogen-bond acceptors (Lipinski definition) is 5. The van der Waals surface area contributed by atoms with Crippen molar-refractivity contribution in [3.05, 3.63) is 71.6 Å². The van der Waals surface area contributed by atoms with Gasteiger partial charge in [0.15, 0.2) is 0 Å². The fourth-order valence-corrected chi connectivity index (χ4v) is 4.66. The zero-order chi connectivity index (χ0) is 25.0. The van der Waals surface area contributed by atoms with Gasteiger partial charge in [-0.3, -0.25) is 9.59 Å². The molecule has 4 rings (SSSR count). The zero-order valence-corrected chi connectivity index (χ0v) is 21.0. The van der Waals surface area contributed by atoms with Crippen molar-refractivity contribution in [2.24, 2.45) is 5.73 Å². The third-order valence-electron chi connectivity index (χ3n) is 5.65. The first kappa shape index (κ1) is 25.1. The summed E-state index contributed by atoms with van der Waals surface area (Å²) in [5, 5.41) is 4.47. The first-order valence-electron chi connectivity index (χ1n) is 11.0. The van der Waals surface area contributed by atoms with Crippen molar-refractivity contribution in [1.29, 1.82) is 0 Å². The first-order chi connectivity index (χ1) is 16.4. The molecule has 0 saturated heterocycles. The number of thioether (sulfide) groups is 1. The van der Waals surface area contributed by atoms with Crippen LogP contribution in [0.15, 0.2) is 54.9 Å². The predicted molar refractivity (Wildman–Crippen MR) is 139 cm³/mol. The lowest BCUT2D eigenvalue weighted by atomic mass is 9.96. The van der Waals surface area contributed by atoms with E-state index in [-0.39, 0.29) is 18.0 Å². The smallest absolute Gasteiger partial charge is 0.258 e. The van der Waals surface area contributed by atoms with Gasteiger partial charge in [0.2, 0.25) is 5.91 Å². The number of carbonyl (C=O) groups is 2. The molecule has 0 unspecified atom stereocenters. The van der Waals surface area contributed by atoms with E-state index >= 15 is 0 Å². The SMILES string of the molecule is C=C(CN1Cc2c(-c3ccn4ncc(/C(=C/C)SC)c4c3)ccc(OC)c2C1=O)C(N)=O.CC. The summed E-state index contributed by atoms with van der Waals surface area (Å²) in [5.74, 6) is -0.315. The zero-order valence-electron chi connectivity index (χ0n) is 20.2. The van der Waals surface area contributed by atoms with E-state index in [9.17, 15) is 9.59 Å². The van der Waals surface area contributed by atoms with Crippen LogP contribution in [0.25, 0.3) is 21.5 Å². The van der Waals surface area contributed by atoms with Gasteiger partial charge in [-0.15, -0.1) is 11.8 Å². The molecule has 3 heterocycles. The number of nitrogens with two attached hydrogens (primary N) is 1. The molecule has 0 radical (unpaired) electrons. The fourth-order valence-electron chi connectivity index (χ4n) is 4.04. The fraction of sp³-hybridized carbons (Fsp3) is 0.269. The number of ether oxygens (including phenoxy) is 1. The van der Waals surface area contributed by atoms with Gasteiger partial charge in [-0.1, -0.05) is 32.6 Å². The van der Waals surface area contributed by atoms with E-state index in [1.165, 1.54) is 0 Å². The Bertz CT molecular complexity index is 1290. The highest BCUT2D eigenvalue weighted by molar-refractivity contribution is 8.07. The molecular weight excluding hydrogens is 448 g/mol. The summed E-state index contributed by atoms with van der Waals surface area (Å²) in [6.07, 6.45) is 7.90. The van der Waals surface area contributed by atoms with Gasteiger partial charge in [0.25, 0.3) is 5.91 Å². The lowest BCUT2D eigenvalue weighted by molar-refractivity contribution is -0.114. The van der Waals surface area contributed by atoms with Crippen LogP contribution < -0.4 is 10.5 Å². The number of pyridine rings is 1. The molecule has 0 fully saturated rings. The number of primary amides is 1. The van der Waals surface area contributed by atoms with Crippen LogP contribution in [-0.4, -0.2) is 46.2 Å². The summed E-state index contributed by atoms with van der Waals surface area (Å²) < 4.78 is 7.31. The molecule has 1 aliphatic heterocycles. The second kappa shape index (κ2) is 10.6. The highest BCUT2D eigenvalue weighted by Gasteiger charge is 2.33. The third kappa shape index (κ3) is 4.46. The number of rotatable bonds is 7. The van der Waals surface area contributed by atoms with Crippen molar-refractivity contribution < 1.29 is 14.3 Å². The van der Waals surface area contributed by atoms with E-state index in [1.54, 1.807) is 29.8 Å². The molecule has 2 N–H and O–H groups in total. The molecule has 0 saturated carbocycles. The van der Waals surface area contributed by atoms with Crippen molar-refractivity contribution in [1.82, 2.24) is 14.5 Å². The number of aromatic nitrogens is 2. The van der Waals surface area contributed by atoms with E-state index in [4.69, 9.17) is 10.5 Å². The molecule has 1 aliphatic rings. The van der Waals surface area contributed by atoms with Crippen LogP contribution >= 0.6 is 11.8 Å². The van der Waals surface area contributed by atoms with Crippen LogP contribution in [-0.2, 0) is 11.3 Å². The van der Waals surface area contributed by atoms with Crippen LogP contribution in [0.3, 0.4) is 0 Å².